The molecule has 0 amide bonds. The second-order valence-corrected chi connectivity index (χ2v) is 3.91. The fraction of sp³-hybridized carbons (Fsp3) is 0.222. The zero-order valence-corrected chi connectivity index (χ0v) is 9.52. The van der Waals surface area contributed by atoms with Crippen LogP contribution in [-0.4, -0.2) is 25.8 Å². The van der Waals surface area contributed by atoms with Crippen molar-refractivity contribution in [2.75, 3.05) is 0 Å². The smallest absolute Gasteiger partial charge is 0.357 e. The largest absolute Gasteiger partial charge is 0.476 e. The highest BCUT2D eigenvalue weighted by Gasteiger charge is 2.16. The molecule has 0 atom stereocenters. The molecule has 2 aromatic rings. The Morgan fingerprint density at radius 1 is 1.67 bits per heavy atom. The molecule has 1 N–H and O–H groups in total. The van der Waals surface area contributed by atoms with Crippen LogP contribution >= 0.6 is 15.9 Å². The second-order valence-electron chi connectivity index (χ2n) is 2.99. The molecule has 0 aromatic carbocycles. The molecule has 0 radical (unpaired) electrons. The Labute approximate surface area is 93.9 Å². The van der Waals surface area contributed by atoms with Gasteiger partial charge in [0.05, 0.1) is 5.39 Å². The maximum atomic E-state index is 10.9. The zero-order valence-electron chi connectivity index (χ0n) is 7.94. The van der Waals surface area contributed by atoms with Crippen LogP contribution in [0.15, 0.2) is 16.7 Å². The molecule has 15 heavy (non-hydrogen) atoms. The van der Waals surface area contributed by atoms with E-state index in [1.54, 1.807) is 16.9 Å². The molecule has 0 aliphatic heterocycles. The number of pyridine rings is 1. The Bertz CT molecular complexity index is 535. The van der Waals surface area contributed by atoms with Crippen molar-refractivity contribution in [1.82, 2.24) is 14.8 Å². The number of carboxylic acid groups (broad SMARTS) is 1. The molecule has 2 rings (SSSR count). The molecule has 0 saturated carbocycles. The van der Waals surface area contributed by atoms with E-state index in [-0.39, 0.29) is 5.69 Å². The standard InChI is InChI=1S/C9H8BrN3O2/c1-2-13-8-6(3-5(10)4-11-8)7(12-13)9(14)15/h3-4H,2H2,1H3,(H,14,15). The summed E-state index contributed by atoms with van der Waals surface area (Å²) in [6.45, 7) is 2.49. The summed E-state index contributed by atoms with van der Waals surface area (Å²) in [5.74, 6) is -1.04. The van der Waals surface area contributed by atoms with E-state index in [1.165, 1.54) is 0 Å². The number of hydrogen-bond acceptors (Lipinski definition) is 3. The number of halogens is 1. The highest BCUT2D eigenvalue weighted by molar-refractivity contribution is 9.10. The average Bonchev–Trinajstić information content (AvgIpc) is 2.55. The summed E-state index contributed by atoms with van der Waals surface area (Å²) >= 11 is 3.25. The van der Waals surface area contributed by atoms with Gasteiger partial charge in [-0.2, -0.15) is 5.10 Å². The van der Waals surface area contributed by atoms with Crippen LogP contribution in [0.2, 0.25) is 0 Å². The van der Waals surface area contributed by atoms with Gasteiger partial charge < -0.3 is 5.11 Å². The Balaban J connectivity index is 2.81. The van der Waals surface area contributed by atoms with Gasteiger partial charge in [-0.1, -0.05) is 0 Å². The molecule has 78 valence electrons. The molecule has 0 unspecified atom stereocenters. The summed E-state index contributed by atoms with van der Waals surface area (Å²) in [6.07, 6.45) is 1.63. The number of fused-ring (bicyclic) bond motifs is 1. The van der Waals surface area contributed by atoms with Gasteiger partial charge >= 0.3 is 5.97 Å². The second kappa shape index (κ2) is 3.62. The lowest BCUT2D eigenvalue weighted by Crippen LogP contribution is -2.01. The van der Waals surface area contributed by atoms with Crippen molar-refractivity contribution in [3.05, 3.63) is 22.4 Å². The first-order valence-electron chi connectivity index (χ1n) is 4.39. The first kappa shape index (κ1) is 10.1. The lowest BCUT2D eigenvalue weighted by Gasteiger charge is -1.95. The van der Waals surface area contributed by atoms with Crippen molar-refractivity contribution < 1.29 is 9.90 Å². The van der Waals surface area contributed by atoms with Crippen LogP contribution in [-0.2, 0) is 6.54 Å². The van der Waals surface area contributed by atoms with Crippen LogP contribution in [0.3, 0.4) is 0 Å². The minimum Gasteiger partial charge on any atom is -0.476 e. The molecule has 0 bridgehead atoms. The van der Waals surface area contributed by atoms with Gasteiger partial charge in [0.25, 0.3) is 0 Å². The molecule has 2 heterocycles. The van der Waals surface area contributed by atoms with Crippen LogP contribution in [0.4, 0.5) is 0 Å². The van der Waals surface area contributed by atoms with Crippen molar-refractivity contribution in [1.29, 1.82) is 0 Å². The van der Waals surface area contributed by atoms with E-state index >= 15 is 0 Å². The fourth-order valence-electron chi connectivity index (χ4n) is 1.41. The molecule has 0 spiro atoms. The predicted molar refractivity (Wildman–Crippen MR) is 57.9 cm³/mol. The third-order valence-corrected chi connectivity index (χ3v) is 2.49. The van der Waals surface area contributed by atoms with Gasteiger partial charge in [-0.05, 0) is 28.9 Å². The molecule has 0 fully saturated rings. The highest BCUT2D eigenvalue weighted by atomic mass is 79.9. The SMILES string of the molecule is CCn1nc(C(=O)O)c2cc(Br)cnc21. The van der Waals surface area contributed by atoms with E-state index in [9.17, 15) is 4.79 Å². The molecule has 0 saturated heterocycles. The third-order valence-electron chi connectivity index (χ3n) is 2.06. The number of rotatable bonds is 2. The minimum atomic E-state index is -1.04. The van der Waals surface area contributed by atoms with Crippen molar-refractivity contribution in [2.45, 2.75) is 13.5 Å². The average molecular weight is 270 g/mol. The van der Waals surface area contributed by atoms with Crippen LogP contribution in [0.25, 0.3) is 11.0 Å². The topological polar surface area (TPSA) is 68.0 Å². The number of aromatic carboxylic acids is 1. The summed E-state index contributed by atoms with van der Waals surface area (Å²) < 4.78 is 2.32. The third kappa shape index (κ3) is 1.61. The summed E-state index contributed by atoms with van der Waals surface area (Å²) in [5, 5.41) is 13.5. The van der Waals surface area contributed by atoms with Gasteiger partial charge in [0.2, 0.25) is 0 Å². The highest BCUT2D eigenvalue weighted by Crippen LogP contribution is 2.20. The van der Waals surface area contributed by atoms with Gasteiger partial charge in [-0.3, -0.25) is 0 Å². The van der Waals surface area contributed by atoms with Gasteiger partial charge in [-0.25, -0.2) is 14.5 Å². The minimum absolute atomic E-state index is 0.0423. The van der Waals surface area contributed by atoms with E-state index in [4.69, 9.17) is 5.11 Å². The summed E-state index contributed by atoms with van der Waals surface area (Å²) in [6, 6.07) is 1.71. The van der Waals surface area contributed by atoms with Gasteiger partial charge in [0, 0.05) is 17.2 Å². The summed E-state index contributed by atoms with van der Waals surface area (Å²) in [7, 11) is 0. The molecule has 5 nitrogen and oxygen atoms in total. The van der Waals surface area contributed by atoms with E-state index < -0.39 is 5.97 Å². The number of aromatic nitrogens is 3. The Hall–Kier alpha value is -1.43. The number of hydrogen-bond donors (Lipinski definition) is 1. The van der Waals surface area contributed by atoms with E-state index in [2.05, 4.69) is 26.0 Å². The van der Waals surface area contributed by atoms with Crippen LogP contribution < -0.4 is 0 Å². The molecule has 0 aliphatic rings. The fourth-order valence-corrected chi connectivity index (χ4v) is 1.74. The number of carboxylic acids is 1. The summed E-state index contributed by atoms with van der Waals surface area (Å²) in [4.78, 5) is 15.1. The van der Waals surface area contributed by atoms with E-state index in [1.807, 2.05) is 6.92 Å². The van der Waals surface area contributed by atoms with Gasteiger partial charge in [0.15, 0.2) is 11.3 Å². The lowest BCUT2D eigenvalue weighted by atomic mass is 10.3. The monoisotopic (exact) mass is 269 g/mol. The number of nitrogens with zero attached hydrogens (tertiary/aromatic N) is 3. The Morgan fingerprint density at radius 3 is 3.00 bits per heavy atom. The van der Waals surface area contributed by atoms with Gasteiger partial charge in [0.1, 0.15) is 0 Å². The maximum Gasteiger partial charge on any atom is 0.357 e. The first-order valence-corrected chi connectivity index (χ1v) is 5.18. The van der Waals surface area contributed by atoms with E-state index in [0.29, 0.717) is 17.6 Å². The normalized spacial score (nSPS) is 10.8. The van der Waals surface area contributed by atoms with Crippen molar-refractivity contribution in [3.63, 3.8) is 0 Å². The van der Waals surface area contributed by atoms with Crippen molar-refractivity contribution >= 4 is 32.9 Å². The first-order chi connectivity index (χ1) is 7.13. The van der Waals surface area contributed by atoms with Crippen LogP contribution in [0, 0.1) is 0 Å². The Kier molecular flexibility index (Phi) is 2.44. The quantitative estimate of drug-likeness (QED) is 0.905. The number of carbonyl (C=O) groups is 1. The van der Waals surface area contributed by atoms with Crippen LogP contribution in [0.1, 0.15) is 17.4 Å². The van der Waals surface area contributed by atoms with Crippen LogP contribution in [0.5, 0.6) is 0 Å². The van der Waals surface area contributed by atoms with Crippen molar-refractivity contribution in [3.8, 4) is 0 Å². The van der Waals surface area contributed by atoms with Gasteiger partial charge in [-0.15, -0.1) is 0 Å². The Morgan fingerprint density at radius 2 is 2.40 bits per heavy atom. The molecule has 0 aliphatic carbocycles. The maximum absolute atomic E-state index is 10.9. The molecular formula is C9H8BrN3O2. The predicted octanol–water partition coefficient (Wildman–Crippen LogP) is 1.91. The van der Waals surface area contributed by atoms with E-state index in [0.717, 1.165) is 4.47 Å². The molecular weight excluding hydrogens is 262 g/mol. The lowest BCUT2D eigenvalue weighted by molar-refractivity contribution is 0.0691. The van der Waals surface area contributed by atoms with Crippen molar-refractivity contribution in [2.24, 2.45) is 0 Å². The number of aryl methyl sites for hydroxylation is 1. The molecule has 2 aromatic heterocycles. The zero-order chi connectivity index (χ0) is 11.0. The summed E-state index contributed by atoms with van der Waals surface area (Å²) in [5.41, 5.74) is 0.638. The molecule has 6 heteroatoms.